The van der Waals surface area contributed by atoms with E-state index in [0.29, 0.717) is 0 Å². The van der Waals surface area contributed by atoms with Gasteiger partial charge in [0.1, 0.15) is 0 Å². The molecule has 0 aromatic carbocycles. The lowest BCUT2D eigenvalue weighted by Gasteiger charge is -1.91. The summed E-state index contributed by atoms with van der Waals surface area (Å²) < 4.78 is 1.80. The number of carboxylic acid groups (broad SMARTS) is 1. The largest absolute Gasteiger partial charge is 0.478 e. The predicted molar refractivity (Wildman–Crippen MR) is 49.2 cm³/mol. The molecule has 0 bridgehead atoms. The molecule has 0 unspecified atom stereocenters. The van der Waals surface area contributed by atoms with Gasteiger partial charge in [0, 0.05) is 6.08 Å². The zero-order chi connectivity index (χ0) is 7.98. The van der Waals surface area contributed by atoms with Crippen LogP contribution in [0.1, 0.15) is 13.3 Å². The molecule has 0 heterocycles. The molecule has 0 rings (SSSR count). The quantitative estimate of drug-likeness (QED) is 0.475. The number of aliphatic carboxylic acids is 1. The maximum atomic E-state index is 10.1. The Hall–Kier alpha value is -0.320. The molecule has 0 atom stereocenters. The molecule has 0 aliphatic carbocycles. The van der Waals surface area contributed by atoms with Crippen molar-refractivity contribution in [3.8, 4) is 0 Å². The Morgan fingerprint density at radius 1 is 1.70 bits per heavy atom. The number of rotatable bonds is 3. The van der Waals surface area contributed by atoms with Crippen molar-refractivity contribution in [2.75, 3.05) is 0 Å². The zero-order valence-corrected chi connectivity index (χ0v) is 7.83. The van der Waals surface area contributed by atoms with Crippen molar-refractivity contribution in [1.29, 1.82) is 0 Å². The first-order valence-electron chi connectivity index (χ1n) is 2.91. The summed E-state index contributed by atoms with van der Waals surface area (Å²) in [6.45, 7) is 1.92. The number of hydrogen-bond acceptors (Lipinski definition) is 1. The second kappa shape index (κ2) is 5.46. The van der Waals surface area contributed by atoms with Crippen molar-refractivity contribution in [2.24, 2.45) is 0 Å². The fraction of sp³-hybridized carbons (Fsp3) is 0.286. The van der Waals surface area contributed by atoms with Gasteiger partial charge in [-0.3, -0.25) is 0 Å². The molecule has 0 aliphatic heterocycles. The highest BCUT2D eigenvalue weighted by Crippen LogP contribution is 2.03. The summed E-state index contributed by atoms with van der Waals surface area (Å²) in [7, 11) is 0. The van der Waals surface area contributed by atoms with E-state index in [1.54, 1.807) is 10.2 Å². The minimum absolute atomic E-state index is 0.756. The Kier molecular flexibility index (Phi) is 5.29. The average Bonchev–Trinajstić information content (AvgIpc) is 1.86. The van der Waals surface area contributed by atoms with Crippen LogP contribution in [0, 0.1) is 0 Å². The smallest absolute Gasteiger partial charge is 0.328 e. The highest BCUT2D eigenvalue weighted by atomic mass is 127. The molecule has 0 aliphatic rings. The van der Waals surface area contributed by atoms with Crippen LogP contribution in [0.2, 0.25) is 0 Å². The van der Waals surface area contributed by atoms with Crippen molar-refractivity contribution < 1.29 is 9.90 Å². The van der Waals surface area contributed by atoms with E-state index in [9.17, 15) is 4.79 Å². The summed E-state index contributed by atoms with van der Waals surface area (Å²) in [5.74, 6) is -0.883. The van der Waals surface area contributed by atoms with Gasteiger partial charge in [-0.15, -0.1) is 0 Å². The van der Waals surface area contributed by atoms with E-state index < -0.39 is 5.97 Å². The monoisotopic (exact) mass is 252 g/mol. The topological polar surface area (TPSA) is 37.3 Å². The van der Waals surface area contributed by atoms with Gasteiger partial charge in [0.2, 0.25) is 0 Å². The van der Waals surface area contributed by atoms with E-state index >= 15 is 0 Å². The summed E-state index contributed by atoms with van der Waals surface area (Å²) in [6.07, 6.45) is 3.76. The first-order chi connectivity index (χ1) is 4.70. The molecule has 0 aromatic rings. The molecule has 56 valence electrons. The second-order valence-electron chi connectivity index (χ2n) is 1.70. The van der Waals surface area contributed by atoms with E-state index in [-0.39, 0.29) is 0 Å². The van der Waals surface area contributed by atoms with Crippen LogP contribution < -0.4 is 0 Å². The lowest BCUT2D eigenvalue weighted by molar-refractivity contribution is -0.131. The molecular formula is C7H9IO2. The first kappa shape index (κ1) is 9.68. The molecule has 10 heavy (non-hydrogen) atoms. The Bertz CT molecular complexity index is 170. The number of halogens is 1. The Morgan fingerprint density at radius 3 is 2.60 bits per heavy atom. The Balaban J connectivity index is 4.18. The summed E-state index contributed by atoms with van der Waals surface area (Å²) in [5, 5.41) is 8.33. The van der Waals surface area contributed by atoms with Crippen molar-refractivity contribution in [2.45, 2.75) is 13.3 Å². The van der Waals surface area contributed by atoms with Crippen LogP contribution in [0.3, 0.4) is 0 Å². The number of carboxylic acids is 1. The number of carbonyl (C=O) groups is 1. The standard InChI is InChI=1S/C7H9IO2/c1-2-6(3-4-8)5-7(9)10/h3-5H,2H2,1H3,(H,9,10)/b4-3+,6-5-. The average molecular weight is 252 g/mol. The fourth-order valence-electron chi connectivity index (χ4n) is 0.508. The third-order valence-electron chi connectivity index (χ3n) is 0.994. The summed E-state index contributed by atoms with van der Waals surface area (Å²) >= 11 is 2.06. The highest BCUT2D eigenvalue weighted by Gasteiger charge is 1.91. The summed E-state index contributed by atoms with van der Waals surface area (Å²) in [5.41, 5.74) is 0.835. The van der Waals surface area contributed by atoms with Gasteiger partial charge in [-0.2, -0.15) is 0 Å². The lowest BCUT2D eigenvalue weighted by Crippen LogP contribution is -1.89. The number of allylic oxidation sites excluding steroid dienone is 2. The molecular weight excluding hydrogens is 243 g/mol. The van der Waals surface area contributed by atoms with Crippen LogP contribution >= 0.6 is 22.6 Å². The van der Waals surface area contributed by atoms with Crippen LogP contribution in [0.4, 0.5) is 0 Å². The SMILES string of the molecule is CCC(=C/C(=O)O)/C=C/I. The van der Waals surface area contributed by atoms with Gasteiger partial charge < -0.3 is 5.11 Å². The minimum Gasteiger partial charge on any atom is -0.478 e. The van der Waals surface area contributed by atoms with Gasteiger partial charge in [-0.25, -0.2) is 4.79 Å². The Morgan fingerprint density at radius 2 is 2.30 bits per heavy atom. The van der Waals surface area contributed by atoms with E-state index in [1.807, 2.05) is 6.92 Å². The van der Waals surface area contributed by atoms with Crippen LogP contribution in [0.5, 0.6) is 0 Å². The molecule has 0 aromatic heterocycles. The fourth-order valence-corrected chi connectivity index (χ4v) is 0.969. The van der Waals surface area contributed by atoms with E-state index in [0.717, 1.165) is 12.0 Å². The van der Waals surface area contributed by atoms with Gasteiger partial charge in [0.15, 0.2) is 0 Å². The third-order valence-corrected chi connectivity index (χ3v) is 1.35. The predicted octanol–water partition coefficient (Wildman–Crippen LogP) is 2.36. The number of hydrogen-bond donors (Lipinski definition) is 1. The third kappa shape index (κ3) is 4.55. The van der Waals surface area contributed by atoms with Crippen molar-refractivity contribution >= 4 is 28.6 Å². The van der Waals surface area contributed by atoms with Crippen LogP contribution in [0.25, 0.3) is 0 Å². The highest BCUT2D eigenvalue weighted by molar-refractivity contribution is 14.1. The van der Waals surface area contributed by atoms with Gasteiger partial charge >= 0.3 is 5.97 Å². The second-order valence-corrected chi connectivity index (χ2v) is 2.42. The van der Waals surface area contributed by atoms with Crippen molar-refractivity contribution in [3.63, 3.8) is 0 Å². The maximum absolute atomic E-state index is 10.1. The normalized spacial score (nSPS) is 12.4. The first-order valence-corrected chi connectivity index (χ1v) is 4.15. The van der Waals surface area contributed by atoms with Crippen LogP contribution in [-0.2, 0) is 4.79 Å². The summed E-state index contributed by atoms with van der Waals surface area (Å²) in [4.78, 5) is 10.1. The Labute approximate surface area is 73.8 Å². The van der Waals surface area contributed by atoms with Crippen molar-refractivity contribution in [1.82, 2.24) is 0 Å². The van der Waals surface area contributed by atoms with Crippen LogP contribution in [0.15, 0.2) is 21.8 Å². The van der Waals surface area contributed by atoms with E-state index in [1.165, 1.54) is 6.08 Å². The molecule has 1 N–H and O–H groups in total. The molecule has 0 fully saturated rings. The maximum Gasteiger partial charge on any atom is 0.328 e. The van der Waals surface area contributed by atoms with Crippen molar-refractivity contribution in [3.05, 3.63) is 21.8 Å². The molecule has 2 nitrogen and oxygen atoms in total. The molecule has 3 heteroatoms. The minimum atomic E-state index is -0.883. The van der Waals surface area contributed by atoms with E-state index in [2.05, 4.69) is 22.6 Å². The zero-order valence-electron chi connectivity index (χ0n) is 5.67. The lowest BCUT2D eigenvalue weighted by atomic mass is 10.2. The molecule has 0 saturated heterocycles. The van der Waals surface area contributed by atoms with Gasteiger partial charge in [-0.05, 0) is 16.1 Å². The molecule has 0 spiro atoms. The molecule has 0 radical (unpaired) electrons. The molecule has 0 saturated carbocycles. The molecule has 0 amide bonds. The summed E-state index contributed by atoms with van der Waals surface area (Å²) in [6, 6.07) is 0. The van der Waals surface area contributed by atoms with Gasteiger partial charge in [0.25, 0.3) is 0 Å². The van der Waals surface area contributed by atoms with E-state index in [4.69, 9.17) is 5.11 Å². The van der Waals surface area contributed by atoms with Crippen LogP contribution in [-0.4, -0.2) is 11.1 Å². The van der Waals surface area contributed by atoms with Gasteiger partial charge in [0.05, 0.1) is 0 Å². The van der Waals surface area contributed by atoms with Gasteiger partial charge in [-0.1, -0.05) is 35.6 Å².